The monoisotopic (exact) mass is 280 g/mol. The average Bonchev–Trinajstić information content (AvgIpc) is 2.36. The summed E-state index contributed by atoms with van der Waals surface area (Å²) < 4.78 is 4.75. The van der Waals surface area contributed by atoms with Crippen molar-refractivity contribution in [2.75, 3.05) is 23.8 Å². The summed E-state index contributed by atoms with van der Waals surface area (Å²) in [5, 5.41) is 15.4. The van der Waals surface area contributed by atoms with Gasteiger partial charge in [0.1, 0.15) is 0 Å². The third-order valence-electron chi connectivity index (χ3n) is 2.43. The van der Waals surface area contributed by atoms with Gasteiger partial charge in [-0.2, -0.15) is 0 Å². The van der Waals surface area contributed by atoms with Crippen molar-refractivity contribution in [2.45, 2.75) is 26.4 Å². The van der Waals surface area contributed by atoms with E-state index in [1.54, 1.807) is 25.1 Å². The molecule has 0 aliphatic carbocycles. The standard InChI is InChI=1S/C14H20N2O4/c1-3-20-14(19)8-13(18)9-15-11-5-4-6-12(7-11)16-10(2)17/h4-7,13,15,18H,3,8-9H2,1-2H3,(H,16,17). The first-order chi connectivity index (χ1) is 9.51. The number of anilines is 2. The summed E-state index contributed by atoms with van der Waals surface area (Å²) >= 11 is 0. The predicted octanol–water partition coefficient (Wildman–Crippen LogP) is 1.37. The molecule has 3 N–H and O–H groups in total. The number of hydrogen-bond acceptors (Lipinski definition) is 5. The Balaban J connectivity index is 2.44. The van der Waals surface area contributed by atoms with Crippen LogP contribution in [0, 0.1) is 0 Å². The van der Waals surface area contributed by atoms with E-state index in [-0.39, 0.29) is 18.9 Å². The summed E-state index contributed by atoms with van der Waals surface area (Å²) in [4.78, 5) is 22.1. The number of aliphatic hydroxyl groups is 1. The summed E-state index contributed by atoms with van der Waals surface area (Å²) in [5.41, 5.74) is 1.42. The fourth-order valence-electron chi connectivity index (χ4n) is 1.63. The normalized spacial score (nSPS) is 11.6. The molecule has 0 radical (unpaired) electrons. The van der Waals surface area contributed by atoms with Crippen LogP contribution in [0.5, 0.6) is 0 Å². The van der Waals surface area contributed by atoms with Crippen molar-refractivity contribution in [1.29, 1.82) is 0 Å². The van der Waals surface area contributed by atoms with Gasteiger partial charge in [0.05, 0.1) is 19.1 Å². The molecule has 1 aromatic rings. The molecule has 110 valence electrons. The van der Waals surface area contributed by atoms with Gasteiger partial charge in [-0.1, -0.05) is 6.07 Å². The minimum absolute atomic E-state index is 0.0494. The van der Waals surface area contributed by atoms with E-state index in [1.807, 2.05) is 6.07 Å². The van der Waals surface area contributed by atoms with Crippen molar-refractivity contribution >= 4 is 23.3 Å². The number of amides is 1. The van der Waals surface area contributed by atoms with Crippen LogP contribution in [-0.2, 0) is 14.3 Å². The maximum atomic E-state index is 11.2. The first-order valence-electron chi connectivity index (χ1n) is 6.46. The Hall–Kier alpha value is -2.08. The molecule has 0 saturated carbocycles. The molecule has 1 rings (SSSR count). The van der Waals surface area contributed by atoms with Crippen molar-refractivity contribution < 1.29 is 19.4 Å². The molecule has 0 aromatic heterocycles. The molecule has 20 heavy (non-hydrogen) atoms. The zero-order valence-electron chi connectivity index (χ0n) is 11.7. The molecular formula is C14H20N2O4. The van der Waals surface area contributed by atoms with Gasteiger partial charge in [-0.15, -0.1) is 0 Å². The maximum Gasteiger partial charge on any atom is 0.308 e. The first kappa shape index (κ1) is 16.0. The highest BCUT2D eigenvalue weighted by atomic mass is 16.5. The number of carbonyl (C=O) groups excluding carboxylic acids is 2. The lowest BCUT2D eigenvalue weighted by Gasteiger charge is -2.13. The van der Waals surface area contributed by atoms with Gasteiger partial charge in [0.2, 0.25) is 5.91 Å². The second kappa shape index (κ2) is 8.16. The van der Waals surface area contributed by atoms with Gasteiger partial charge >= 0.3 is 5.97 Å². The number of hydrogen-bond donors (Lipinski definition) is 3. The van der Waals surface area contributed by atoms with Gasteiger partial charge in [-0.25, -0.2) is 0 Å². The largest absolute Gasteiger partial charge is 0.466 e. The molecule has 0 aliphatic heterocycles. The molecule has 1 amide bonds. The second-order valence-corrected chi connectivity index (χ2v) is 4.31. The smallest absolute Gasteiger partial charge is 0.308 e. The Bertz CT molecular complexity index is 462. The highest BCUT2D eigenvalue weighted by Gasteiger charge is 2.11. The minimum Gasteiger partial charge on any atom is -0.466 e. The Morgan fingerprint density at radius 2 is 2.05 bits per heavy atom. The van der Waals surface area contributed by atoms with Gasteiger partial charge in [0.25, 0.3) is 0 Å². The van der Waals surface area contributed by atoms with Gasteiger partial charge in [0.15, 0.2) is 0 Å². The predicted molar refractivity (Wildman–Crippen MR) is 76.5 cm³/mol. The number of carbonyl (C=O) groups is 2. The molecule has 1 atom stereocenters. The third-order valence-corrected chi connectivity index (χ3v) is 2.43. The van der Waals surface area contributed by atoms with Crippen molar-refractivity contribution in [3.63, 3.8) is 0 Å². The van der Waals surface area contributed by atoms with E-state index in [9.17, 15) is 14.7 Å². The summed E-state index contributed by atoms with van der Waals surface area (Å²) in [6.07, 6.45) is -0.870. The molecule has 1 aromatic carbocycles. The number of rotatable bonds is 7. The Kier molecular flexibility index (Phi) is 6.52. The van der Waals surface area contributed by atoms with E-state index < -0.39 is 12.1 Å². The summed E-state index contributed by atoms with van der Waals surface area (Å²) in [6.45, 7) is 3.68. The SMILES string of the molecule is CCOC(=O)CC(O)CNc1cccc(NC(C)=O)c1. The van der Waals surface area contributed by atoms with Crippen LogP contribution in [0.1, 0.15) is 20.3 Å². The molecule has 0 saturated heterocycles. The topological polar surface area (TPSA) is 87.7 Å². The van der Waals surface area contributed by atoms with Crippen LogP contribution in [0.2, 0.25) is 0 Å². The lowest BCUT2D eigenvalue weighted by Crippen LogP contribution is -2.23. The van der Waals surface area contributed by atoms with Crippen LogP contribution in [-0.4, -0.2) is 36.2 Å². The Labute approximate surface area is 118 Å². The number of ether oxygens (including phenoxy) is 1. The number of nitrogens with one attached hydrogen (secondary N) is 2. The Morgan fingerprint density at radius 1 is 1.35 bits per heavy atom. The highest BCUT2D eigenvalue weighted by molar-refractivity contribution is 5.89. The van der Waals surface area contributed by atoms with Crippen molar-refractivity contribution in [3.8, 4) is 0 Å². The van der Waals surface area contributed by atoms with E-state index in [0.717, 1.165) is 5.69 Å². The summed E-state index contributed by atoms with van der Waals surface area (Å²) in [7, 11) is 0. The number of aliphatic hydroxyl groups excluding tert-OH is 1. The molecule has 6 nitrogen and oxygen atoms in total. The fourth-order valence-corrected chi connectivity index (χ4v) is 1.63. The number of benzene rings is 1. The molecule has 0 bridgehead atoms. The molecule has 1 unspecified atom stereocenters. The van der Waals surface area contributed by atoms with Gasteiger partial charge in [-0.3, -0.25) is 9.59 Å². The summed E-state index contributed by atoms with van der Waals surface area (Å²) in [6, 6.07) is 7.11. The molecule has 6 heteroatoms. The van der Waals surface area contributed by atoms with Gasteiger partial charge < -0.3 is 20.5 Å². The van der Waals surface area contributed by atoms with Crippen LogP contribution in [0.25, 0.3) is 0 Å². The van der Waals surface area contributed by atoms with Crippen LogP contribution in [0.15, 0.2) is 24.3 Å². The fraction of sp³-hybridized carbons (Fsp3) is 0.429. The lowest BCUT2D eigenvalue weighted by molar-refractivity contribution is -0.145. The molecule has 0 fully saturated rings. The Morgan fingerprint density at radius 3 is 2.70 bits per heavy atom. The van der Waals surface area contributed by atoms with Crippen molar-refractivity contribution in [1.82, 2.24) is 0 Å². The third kappa shape index (κ3) is 6.19. The van der Waals surface area contributed by atoms with Crippen LogP contribution in [0.3, 0.4) is 0 Å². The van der Waals surface area contributed by atoms with Crippen molar-refractivity contribution in [2.24, 2.45) is 0 Å². The van der Waals surface area contributed by atoms with Crippen LogP contribution in [0.4, 0.5) is 11.4 Å². The van der Waals surface area contributed by atoms with Crippen LogP contribution >= 0.6 is 0 Å². The molecule has 0 heterocycles. The van der Waals surface area contributed by atoms with Gasteiger partial charge in [0, 0.05) is 24.8 Å². The molecule has 0 spiro atoms. The average molecular weight is 280 g/mol. The van der Waals surface area contributed by atoms with E-state index in [4.69, 9.17) is 4.74 Å². The summed E-state index contributed by atoms with van der Waals surface area (Å²) in [5.74, 6) is -0.571. The quantitative estimate of drug-likeness (QED) is 0.657. The van der Waals surface area contributed by atoms with Crippen LogP contribution < -0.4 is 10.6 Å². The van der Waals surface area contributed by atoms with Gasteiger partial charge in [-0.05, 0) is 25.1 Å². The molecule has 0 aliphatic rings. The van der Waals surface area contributed by atoms with E-state index in [1.165, 1.54) is 6.92 Å². The van der Waals surface area contributed by atoms with Crippen molar-refractivity contribution in [3.05, 3.63) is 24.3 Å². The zero-order chi connectivity index (χ0) is 15.0. The minimum atomic E-state index is -0.821. The van der Waals surface area contributed by atoms with E-state index in [2.05, 4.69) is 10.6 Å². The zero-order valence-corrected chi connectivity index (χ0v) is 11.7. The van der Waals surface area contributed by atoms with E-state index >= 15 is 0 Å². The first-order valence-corrected chi connectivity index (χ1v) is 6.46. The maximum absolute atomic E-state index is 11.2. The second-order valence-electron chi connectivity index (χ2n) is 4.31. The number of esters is 1. The highest BCUT2D eigenvalue weighted by Crippen LogP contribution is 2.15. The van der Waals surface area contributed by atoms with E-state index in [0.29, 0.717) is 12.3 Å². The lowest BCUT2D eigenvalue weighted by atomic mass is 10.2. The molecular weight excluding hydrogens is 260 g/mol.